The normalized spacial score (nSPS) is 17.2. The highest BCUT2D eigenvalue weighted by molar-refractivity contribution is 5.42. The summed E-state index contributed by atoms with van der Waals surface area (Å²) in [7, 11) is 0. The van der Waals surface area contributed by atoms with Gasteiger partial charge in [0.2, 0.25) is 0 Å². The first kappa shape index (κ1) is 8.48. The van der Waals surface area contributed by atoms with Gasteiger partial charge >= 0.3 is 0 Å². The maximum atomic E-state index is 13.2. The van der Waals surface area contributed by atoms with Crippen molar-refractivity contribution in [3.05, 3.63) is 24.1 Å². The lowest BCUT2D eigenvalue weighted by Crippen LogP contribution is -2.47. The van der Waals surface area contributed by atoms with Crippen molar-refractivity contribution in [1.29, 1.82) is 0 Å². The van der Waals surface area contributed by atoms with E-state index in [2.05, 4.69) is 11.9 Å². The molecule has 0 N–H and O–H groups in total. The smallest absolute Gasteiger partial charge is 0.165 e. The molecule has 1 saturated heterocycles. The first-order chi connectivity index (χ1) is 6.31. The number of hydrogen-bond donors (Lipinski definition) is 0. The predicted octanol–water partition coefficient (Wildman–Crippen LogP) is 2.07. The monoisotopic (exact) mass is 180 g/mol. The van der Waals surface area contributed by atoms with Crippen molar-refractivity contribution < 1.29 is 4.39 Å². The zero-order valence-corrected chi connectivity index (χ0v) is 7.70. The molecule has 1 fully saturated rings. The summed E-state index contributed by atoms with van der Waals surface area (Å²) in [6.45, 7) is 4.06. The first-order valence-electron chi connectivity index (χ1n) is 4.66. The fourth-order valence-electron chi connectivity index (χ4n) is 1.61. The Morgan fingerprint density at radius 1 is 1.62 bits per heavy atom. The van der Waals surface area contributed by atoms with Crippen LogP contribution >= 0.6 is 0 Å². The fraction of sp³-hybridized carbons (Fsp3) is 0.500. The molecular formula is C10H13FN2. The van der Waals surface area contributed by atoms with Crippen LogP contribution in [0.5, 0.6) is 0 Å². The molecule has 1 aliphatic heterocycles. The fourth-order valence-corrected chi connectivity index (χ4v) is 1.61. The van der Waals surface area contributed by atoms with Crippen LogP contribution in [0.4, 0.5) is 10.2 Å². The number of hydrogen-bond acceptors (Lipinski definition) is 2. The van der Waals surface area contributed by atoms with Crippen molar-refractivity contribution in [2.45, 2.75) is 13.3 Å². The molecule has 0 aliphatic carbocycles. The third-order valence-electron chi connectivity index (χ3n) is 2.57. The van der Waals surface area contributed by atoms with E-state index in [1.165, 1.54) is 12.5 Å². The summed E-state index contributed by atoms with van der Waals surface area (Å²) < 4.78 is 13.2. The van der Waals surface area contributed by atoms with E-state index < -0.39 is 0 Å². The van der Waals surface area contributed by atoms with E-state index in [1.54, 1.807) is 12.3 Å². The van der Waals surface area contributed by atoms with E-state index in [9.17, 15) is 4.39 Å². The minimum Gasteiger partial charge on any atom is -0.353 e. The van der Waals surface area contributed by atoms with E-state index in [-0.39, 0.29) is 5.82 Å². The number of aromatic nitrogens is 1. The Hall–Kier alpha value is -1.12. The third-order valence-corrected chi connectivity index (χ3v) is 2.57. The Kier molecular flexibility index (Phi) is 2.17. The number of pyridine rings is 1. The van der Waals surface area contributed by atoms with Gasteiger partial charge in [0, 0.05) is 19.3 Å². The molecule has 0 radical (unpaired) electrons. The van der Waals surface area contributed by atoms with Crippen LogP contribution in [0.15, 0.2) is 18.3 Å². The zero-order valence-electron chi connectivity index (χ0n) is 7.70. The molecule has 13 heavy (non-hydrogen) atoms. The van der Waals surface area contributed by atoms with Crippen molar-refractivity contribution >= 4 is 5.82 Å². The summed E-state index contributed by atoms with van der Waals surface area (Å²) in [6.07, 6.45) is 2.81. The van der Waals surface area contributed by atoms with Gasteiger partial charge in [-0.25, -0.2) is 9.37 Å². The van der Waals surface area contributed by atoms with Gasteiger partial charge in [-0.05, 0) is 24.5 Å². The maximum Gasteiger partial charge on any atom is 0.165 e. The SMILES string of the molecule is CCC1CN(c2ncccc2F)C1. The molecule has 2 heterocycles. The molecule has 1 aromatic rings. The van der Waals surface area contributed by atoms with Crippen LogP contribution in [0, 0.1) is 11.7 Å². The summed E-state index contributed by atoms with van der Waals surface area (Å²) in [5, 5.41) is 0. The molecular weight excluding hydrogens is 167 g/mol. The molecule has 0 atom stereocenters. The number of rotatable bonds is 2. The van der Waals surface area contributed by atoms with Crippen LogP contribution in [-0.2, 0) is 0 Å². The van der Waals surface area contributed by atoms with Gasteiger partial charge in [0.25, 0.3) is 0 Å². The lowest BCUT2D eigenvalue weighted by molar-refractivity contribution is 0.390. The van der Waals surface area contributed by atoms with E-state index in [0.29, 0.717) is 5.82 Å². The van der Waals surface area contributed by atoms with E-state index in [1.807, 2.05) is 4.90 Å². The third kappa shape index (κ3) is 1.50. The van der Waals surface area contributed by atoms with Gasteiger partial charge < -0.3 is 4.90 Å². The second-order valence-corrected chi connectivity index (χ2v) is 3.49. The van der Waals surface area contributed by atoms with Gasteiger partial charge in [-0.2, -0.15) is 0 Å². The second kappa shape index (κ2) is 3.32. The van der Waals surface area contributed by atoms with Crippen LogP contribution in [0.1, 0.15) is 13.3 Å². The average molecular weight is 180 g/mol. The standard InChI is InChI=1S/C10H13FN2/c1-2-8-6-13(7-8)10-9(11)4-3-5-12-10/h3-5,8H,2,6-7H2,1H3. The van der Waals surface area contributed by atoms with E-state index in [0.717, 1.165) is 19.0 Å². The molecule has 0 aromatic carbocycles. The van der Waals surface area contributed by atoms with Crippen molar-refractivity contribution in [3.8, 4) is 0 Å². The molecule has 3 heteroatoms. The largest absolute Gasteiger partial charge is 0.353 e. The molecule has 0 amide bonds. The Balaban J connectivity index is 2.07. The molecule has 0 saturated carbocycles. The highest BCUT2D eigenvalue weighted by Gasteiger charge is 2.27. The molecule has 2 nitrogen and oxygen atoms in total. The number of anilines is 1. The molecule has 2 rings (SSSR count). The van der Waals surface area contributed by atoms with Crippen molar-refractivity contribution in [1.82, 2.24) is 4.98 Å². The molecule has 70 valence electrons. The van der Waals surface area contributed by atoms with Gasteiger partial charge in [-0.1, -0.05) is 6.92 Å². The predicted molar refractivity (Wildman–Crippen MR) is 50.2 cm³/mol. The second-order valence-electron chi connectivity index (χ2n) is 3.49. The zero-order chi connectivity index (χ0) is 9.26. The van der Waals surface area contributed by atoms with Crippen molar-refractivity contribution in [2.24, 2.45) is 5.92 Å². The van der Waals surface area contributed by atoms with Crippen LogP contribution in [-0.4, -0.2) is 18.1 Å². The average Bonchev–Trinajstić information content (AvgIpc) is 2.06. The van der Waals surface area contributed by atoms with E-state index >= 15 is 0 Å². The highest BCUT2D eigenvalue weighted by atomic mass is 19.1. The molecule has 1 aliphatic rings. The number of halogens is 1. The summed E-state index contributed by atoms with van der Waals surface area (Å²) in [5.74, 6) is 1.02. The Morgan fingerprint density at radius 3 is 3.00 bits per heavy atom. The van der Waals surface area contributed by atoms with Gasteiger partial charge in [-0.15, -0.1) is 0 Å². The van der Waals surface area contributed by atoms with Crippen LogP contribution in [0.3, 0.4) is 0 Å². The van der Waals surface area contributed by atoms with Gasteiger partial charge in [0.05, 0.1) is 0 Å². The van der Waals surface area contributed by atoms with Crippen LogP contribution < -0.4 is 4.90 Å². The quantitative estimate of drug-likeness (QED) is 0.692. The summed E-state index contributed by atoms with van der Waals surface area (Å²) in [5.41, 5.74) is 0. The molecule has 0 unspecified atom stereocenters. The molecule has 0 spiro atoms. The van der Waals surface area contributed by atoms with Crippen LogP contribution in [0.2, 0.25) is 0 Å². The van der Waals surface area contributed by atoms with Crippen molar-refractivity contribution in [3.63, 3.8) is 0 Å². The Labute approximate surface area is 77.4 Å². The molecule has 1 aromatic heterocycles. The lowest BCUT2D eigenvalue weighted by Gasteiger charge is -2.39. The highest BCUT2D eigenvalue weighted by Crippen LogP contribution is 2.26. The van der Waals surface area contributed by atoms with Gasteiger partial charge in [-0.3, -0.25) is 0 Å². The minimum absolute atomic E-state index is 0.211. The topological polar surface area (TPSA) is 16.1 Å². The summed E-state index contributed by atoms with van der Waals surface area (Å²) in [4.78, 5) is 6.01. The molecule has 0 bridgehead atoms. The van der Waals surface area contributed by atoms with E-state index in [4.69, 9.17) is 0 Å². The summed E-state index contributed by atoms with van der Waals surface area (Å²) >= 11 is 0. The lowest BCUT2D eigenvalue weighted by atomic mass is 9.97. The van der Waals surface area contributed by atoms with Crippen LogP contribution in [0.25, 0.3) is 0 Å². The summed E-state index contributed by atoms with van der Waals surface area (Å²) in [6, 6.07) is 3.08. The Bertz CT molecular complexity index is 295. The maximum absolute atomic E-state index is 13.2. The Morgan fingerprint density at radius 2 is 2.38 bits per heavy atom. The number of nitrogens with zero attached hydrogens (tertiary/aromatic N) is 2. The first-order valence-corrected chi connectivity index (χ1v) is 4.66. The van der Waals surface area contributed by atoms with Gasteiger partial charge in [0.15, 0.2) is 11.6 Å². The van der Waals surface area contributed by atoms with Crippen molar-refractivity contribution in [2.75, 3.05) is 18.0 Å². The van der Waals surface area contributed by atoms with Gasteiger partial charge in [0.1, 0.15) is 0 Å². The minimum atomic E-state index is -0.211.